The molecule has 1 aliphatic rings. The normalized spacial score (nSPS) is 18.6. The quantitative estimate of drug-likeness (QED) is 0.317. The van der Waals surface area contributed by atoms with Crippen molar-refractivity contribution in [3.8, 4) is 0 Å². The number of morpholine rings is 1. The largest absolute Gasteiger partial charge is 0.412 e. The summed E-state index contributed by atoms with van der Waals surface area (Å²) in [5, 5.41) is 0. The first-order chi connectivity index (χ1) is 6.24. The maximum Gasteiger partial charge on any atom is 0.412 e. The van der Waals surface area contributed by atoms with Crippen LogP contribution >= 0.6 is 23.7 Å². The standard InChI is InChI=1S/C6H10ClFN2O2S/c7-5-10(6(8)11)13-9-1-3-12-4-2-9/h1-5H2. The first kappa shape index (κ1) is 11.0. The molecule has 0 aromatic heterocycles. The average molecular weight is 229 g/mol. The fourth-order valence-electron chi connectivity index (χ4n) is 0.869. The van der Waals surface area contributed by atoms with E-state index in [1.807, 2.05) is 4.31 Å². The van der Waals surface area contributed by atoms with Gasteiger partial charge in [0.15, 0.2) is 0 Å². The molecule has 0 bridgehead atoms. The monoisotopic (exact) mass is 228 g/mol. The lowest BCUT2D eigenvalue weighted by Gasteiger charge is -2.28. The lowest BCUT2D eigenvalue weighted by atomic mass is 10.5. The minimum absolute atomic E-state index is 0.155. The van der Waals surface area contributed by atoms with Gasteiger partial charge in [0.1, 0.15) is 6.00 Å². The van der Waals surface area contributed by atoms with Crippen LogP contribution in [0.2, 0.25) is 0 Å². The smallest absolute Gasteiger partial charge is 0.379 e. The SMILES string of the molecule is O=C(F)N(CCl)SN1CCOCC1. The second-order valence-corrected chi connectivity index (χ2v) is 3.73. The summed E-state index contributed by atoms with van der Waals surface area (Å²) in [4.78, 5) is 10.3. The molecule has 0 N–H and O–H groups in total. The number of halogens is 2. The fourth-order valence-corrected chi connectivity index (χ4v) is 1.79. The maximum absolute atomic E-state index is 12.2. The number of carbonyl (C=O) groups is 1. The van der Waals surface area contributed by atoms with Gasteiger partial charge in [0.25, 0.3) is 0 Å². The Hall–Kier alpha value is -0.0400. The number of amides is 1. The number of carbonyl (C=O) groups excluding carboxylic acids is 1. The van der Waals surface area contributed by atoms with Crippen molar-refractivity contribution >= 4 is 29.9 Å². The van der Waals surface area contributed by atoms with Crippen LogP contribution < -0.4 is 0 Å². The highest BCUT2D eigenvalue weighted by Gasteiger charge is 2.19. The number of alkyl halides is 1. The van der Waals surface area contributed by atoms with E-state index in [0.717, 1.165) is 16.4 Å². The van der Waals surface area contributed by atoms with Crippen LogP contribution in [-0.2, 0) is 4.74 Å². The third kappa shape index (κ3) is 3.68. The number of ether oxygens (including phenoxy) is 1. The number of hydrogen-bond donors (Lipinski definition) is 0. The molecule has 0 aromatic rings. The van der Waals surface area contributed by atoms with Crippen molar-refractivity contribution in [1.29, 1.82) is 0 Å². The fraction of sp³-hybridized carbons (Fsp3) is 0.833. The Bertz CT molecular complexity index is 180. The van der Waals surface area contributed by atoms with Gasteiger partial charge in [0.05, 0.1) is 13.2 Å². The molecule has 0 spiro atoms. The Labute approximate surface area is 85.2 Å². The summed E-state index contributed by atoms with van der Waals surface area (Å²) in [6, 6.07) is -0.155. The Balaban J connectivity index is 2.31. The lowest BCUT2D eigenvalue weighted by molar-refractivity contribution is 0.0760. The van der Waals surface area contributed by atoms with Crippen molar-refractivity contribution in [3.63, 3.8) is 0 Å². The Morgan fingerprint density at radius 1 is 1.62 bits per heavy atom. The van der Waals surface area contributed by atoms with E-state index < -0.39 is 6.16 Å². The highest BCUT2D eigenvalue weighted by molar-refractivity contribution is 7.95. The predicted molar refractivity (Wildman–Crippen MR) is 49.0 cm³/mol. The van der Waals surface area contributed by atoms with E-state index in [-0.39, 0.29) is 6.00 Å². The van der Waals surface area contributed by atoms with Crippen molar-refractivity contribution in [2.24, 2.45) is 0 Å². The van der Waals surface area contributed by atoms with Gasteiger partial charge >= 0.3 is 6.16 Å². The average Bonchev–Trinajstić information content (AvgIpc) is 2.15. The van der Waals surface area contributed by atoms with Gasteiger partial charge in [0, 0.05) is 25.2 Å². The molecule has 4 nitrogen and oxygen atoms in total. The van der Waals surface area contributed by atoms with Crippen molar-refractivity contribution in [1.82, 2.24) is 8.61 Å². The van der Waals surface area contributed by atoms with E-state index in [2.05, 4.69) is 0 Å². The van der Waals surface area contributed by atoms with Crippen LogP contribution in [0.3, 0.4) is 0 Å². The number of hydrogen-bond acceptors (Lipinski definition) is 4. The Morgan fingerprint density at radius 2 is 2.23 bits per heavy atom. The molecule has 0 unspecified atom stereocenters. The molecule has 0 atom stereocenters. The first-order valence-corrected chi connectivity index (χ1v) is 5.04. The minimum atomic E-state index is -1.52. The summed E-state index contributed by atoms with van der Waals surface area (Å²) in [5.41, 5.74) is 0. The zero-order chi connectivity index (χ0) is 9.68. The zero-order valence-corrected chi connectivity index (χ0v) is 8.48. The summed E-state index contributed by atoms with van der Waals surface area (Å²) >= 11 is 6.37. The van der Waals surface area contributed by atoms with Crippen LogP contribution in [0.25, 0.3) is 0 Å². The zero-order valence-electron chi connectivity index (χ0n) is 6.91. The van der Waals surface area contributed by atoms with E-state index in [1.54, 1.807) is 0 Å². The Morgan fingerprint density at radius 3 is 2.69 bits per heavy atom. The molecule has 1 saturated heterocycles. The third-order valence-corrected chi connectivity index (χ3v) is 2.94. The molecule has 0 saturated carbocycles. The molecular weight excluding hydrogens is 219 g/mol. The van der Waals surface area contributed by atoms with Crippen molar-refractivity contribution in [2.45, 2.75) is 0 Å². The molecule has 0 radical (unpaired) electrons. The minimum Gasteiger partial charge on any atom is -0.379 e. The molecule has 13 heavy (non-hydrogen) atoms. The van der Waals surface area contributed by atoms with Crippen LogP contribution in [0.5, 0.6) is 0 Å². The molecule has 76 valence electrons. The highest BCUT2D eigenvalue weighted by Crippen LogP contribution is 2.19. The van der Waals surface area contributed by atoms with E-state index >= 15 is 0 Å². The van der Waals surface area contributed by atoms with E-state index in [9.17, 15) is 9.18 Å². The molecule has 1 rings (SSSR count). The number of nitrogens with zero attached hydrogens (tertiary/aromatic N) is 2. The Kier molecular flexibility index (Phi) is 4.79. The number of rotatable bonds is 3. The van der Waals surface area contributed by atoms with Gasteiger partial charge in [-0.2, -0.15) is 0 Å². The van der Waals surface area contributed by atoms with Crippen molar-refractivity contribution in [3.05, 3.63) is 0 Å². The topological polar surface area (TPSA) is 32.8 Å². The van der Waals surface area contributed by atoms with Gasteiger partial charge in [-0.05, 0) is 0 Å². The van der Waals surface area contributed by atoms with E-state index in [1.165, 1.54) is 0 Å². The van der Waals surface area contributed by atoms with Gasteiger partial charge in [-0.25, -0.2) is 13.4 Å². The van der Waals surface area contributed by atoms with Crippen molar-refractivity contribution in [2.75, 3.05) is 32.3 Å². The highest BCUT2D eigenvalue weighted by atomic mass is 35.5. The van der Waals surface area contributed by atoms with Gasteiger partial charge in [-0.1, -0.05) is 0 Å². The molecule has 0 aliphatic carbocycles. The van der Waals surface area contributed by atoms with Crippen LogP contribution in [0.4, 0.5) is 9.18 Å². The van der Waals surface area contributed by atoms with E-state index in [0.29, 0.717) is 26.3 Å². The van der Waals surface area contributed by atoms with Crippen LogP contribution in [0.1, 0.15) is 0 Å². The second-order valence-electron chi connectivity index (χ2n) is 2.37. The maximum atomic E-state index is 12.2. The summed E-state index contributed by atoms with van der Waals surface area (Å²) in [7, 11) is 0. The summed E-state index contributed by atoms with van der Waals surface area (Å²) in [5.74, 6) is 0. The molecular formula is C6H10ClFN2O2S. The molecule has 1 heterocycles. The molecule has 7 heteroatoms. The van der Waals surface area contributed by atoms with Crippen LogP contribution in [-0.4, -0.2) is 47.1 Å². The molecule has 1 aliphatic heterocycles. The van der Waals surface area contributed by atoms with Crippen LogP contribution in [0.15, 0.2) is 0 Å². The third-order valence-electron chi connectivity index (χ3n) is 1.49. The summed E-state index contributed by atoms with van der Waals surface area (Å²) in [6.07, 6.45) is -1.52. The summed E-state index contributed by atoms with van der Waals surface area (Å²) in [6.45, 7) is 2.55. The lowest BCUT2D eigenvalue weighted by Crippen LogP contribution is -2.35. The van der Waals surface area contributed by atoms with Gasteiger partial charge in [-0.3, -0.25) is 0 Å². The van der Waals surface area contributed by atoms with E-state index in [4.69, 9.17) is 16.3 Å². The molecule has 0 aromatic carbocycles. The van der Waals surface area contributed by atoms with Gasteiger partial charge in [0.2, 0.25) is 0 Å². The van der Waals surface area contributed by atoms with Crippen molar-refractivity contribution < 1.29 is 13.9 Å². The first-order valence-electron chi connectivity index (χ1n) is 3.78. The van der Waals surface area contributed by atoms with Gasteiger partial charge in [-0.15, -0.1) is 16.0 Å². The predicted octanol–water partition coefficient (Wildman–Crippen LogP) is 1.47. The van der Waals surface area contributed by atoms with Crippen LogP contribution in [0, 0.1) is 0 Å². The second kappa shape index (κ2) is 5.64. The van der Waals surface area contributed by atoms with Gasteiger partial charge < -0.3 is 4.74 Å². The molecule has 1 amide bonds. The summed E-state index contributed by atoms with van der Waals surface area (Å²) < 4.78 is 20.0. The molecule has 1 fully saturated rings.